The zero-order valence-corrected chi connectivity index (χ0v) is 15.3. The van der Waals surface area contributed by atoms with E-state index < -0.39 is 18.2 Å². The molecule has 0 radical (unpaired) electrons. The number of hydrogen-bond donors (Lipinski definition) is 0. The van der Waals surface area contributed by atoms with Crippen molar-refractivity contribution in [2.45, 2.75) is 18.6 Å². The van der Waals surface area contributed by atoms with Gasteiger partial charge in [-0.15, -0.1) is 5.06 Å². The molecule has 27 heavy (non-hydrogen) atoms. The predicted octanol–water partition coefficient (Wildman–Crippen LogP) is 2.50. The maximum absolute atomic E-state index is 12.5. The summed E-state index contributed by atoms with van der Waals surface area (Å²) in [4.78, 5) is 34.5. The Kier molecular flexibility index (Phi) is 6.28. The Morgan fingerprint density at radius 1 is 1.19 bits per heavy atom. The highest BCUT2D eigenvalue weighted by atomic mass is 16.7. The Morgan fingerprint density at radius 3 is 2.63 bits per heavy atom. The lowest BCUT2D eigenvalue weighted by Crippen LogP contribution is -2.40. The largest absolute Gasteiger partial charge is 0.364 e. The van der Waals surface area contributed by atoms with Gasteiger partial charge in [0.15, 0.2) is 0 Å². The van der Waals surface area contributed by atoms with Crippen LogP contribution in [0.25, 0.3) is 0 Å². The van der Waals surface area contributed by atoms with E-state index in [1.165, 1.54) is 14.2 Å². The number of aromatic nitrogens is 1. The highest BCUT2D eigenvalue weighted by Crippen LogP contribution is 2.27. The average Bonchev–Trinajstić information content (AvgIpc) is 2.71. The number of carbonyl (C=O) groups excluding carboxylic acids is 2. The quantitative estimate of drug-likeness (QED) is 0.723. The minimum absolute atomic E-state index is 0.102. The van der Waals surface area contributed by atoms with Crippen LogP contribution in [0.4, 0.5) is 0 Å². The van der Waals surface area contributed by atoms with E-state index >= 15 is 0 Å². The highest BCUT2D eigenvalue weighted by molar-refractivity contribution is 5.89. The summed E-state index contributed by atoms with van der Waals surface area (Å²) in [5, 5.41) is 1.55. The fraction of sp³-hybridized carbons (Fsp3) is 0.350. The molecule has 0 aliphatic carbocycles. The molecule has 7 nitrogen and oxygen atoms in total. The van der Waals surface area contributed by atoms with Crippen LogP contribution in [0.1, 0.15) is 40.2 Å². The minimum Gasteiger partial charge on any atom is -0.364 e. The van der Waals surface area contributed by atoms with Gasteiger partial charge in [-0.05, 0) is 29.8 Å². The first-order valence-corrected chi connectivity index (χ1v) is 8.68. The number of hydroxylamine groups is 2. The van der Waals surface area contributed by atoms with Crippen molar-refractivity contribution in [2.24, 2.45) is 0 Å². The second-order valence-electron chi connectivity index (χ2n) is 6.22. The number of pyridine rings is 1. The second-order valence-corrected chi connectivity index (χ2v) is 6.22. The summed E-state index contributed by atoms with van der Waals surface area (Å²) in [6, 6.07) is 12.4. The van der Waals surface area contributed by atoms with Gasteiger partial charge in [0.1, 0.15) is 5.78 Å². The highest BCUT2D eigenvalue weighted by Gasteiger charge is 2.31. The molecule has 2 heterocycles. The van der Waals surface area contributed by atoms with Crippen LogP contribution in [0.5, 0.6) is 0 Å². The van der Waals surface area contributed by atoms with E-state index in [4.69, 9.17) is 14.3 Å². The van der Waals surface area contributed by atoms with Gasteiger partial charge in [-0.3, -0.25) is 9.78 Å². The van der Waals surface area contributed by atoms with Crippen molar-refractivity contribution in [3.05, 3.63) is 65.5 Å². The maximum atomic E-state index is 12.5. The van der Waals surface area contributed by atoms with E-state index in [1.807, 2.05) is 6.07 Å². The van der Waals surface area contributed by atoms with Crippen LogP contribution in [0, 0.1) is 0 Å². The fourth-order valence-corrected chi connectivity index (χ4v) is 3.07. The molecule has 2 aromatic rings. The number of piperidine rings is 1. The first-order valence-electron chi connectivity index (χ1n) is 8.68. The Hall–Kier alpha value is -2.61. The van der Waals surface area contributed by atoms with Gasteiger partial charge in [0.05, 0.1) is 17.2 Å². The molecule has 0 saturated carbocycles. The molecular formula is C20H22N2O5. The number of Topliss-reactive ketones (excluding diaryl/α,β-unsaturated/α-hetero) is 1. The molecule has 1 atom stereocenters. The number of ketones is 1. The predicted molar refractivity (Wildman–Crippen MR) is 96.8 cm³/mol. The van der Waals surface area contributed by atoms with Crippen LogP contribution in [-0.4, -0.2) is 49.1 Å². The van der Waals surface area contributed by atoms with E-state index in [9.17, 15) is 9.59 Å². The molecule has 3 rings (SSSR count). The van der Waals surface area contributed by atoms with Gasteiger partial charge >= 0.3 is 5.97 Å². The smallest absolute Gasteiger partial charge is 0.357 e. The Balaban J connectivity index is 1.73. The second kappa shape index (κ2) is 8.85. The van der Waals surface area contributed by atoms with Gasteiger partial charge in [-0.2, -0.15) is 0 Å². The summed E-state index contributed by atoms with van der Waals surface area (Å²) in [6.45, 7) is 0.677. The van der Waals surface area contributed by atoms with Gasteiger partial charge in [0, 0.05) is 39.9 Å². The van der Waals surface area contributed by atoms with Crippen molar-refractivity contribution in [1.82, 2.24) is 10.0 Å². The molecule has 1 unspecified atom stereocenters. The third-order valence-electron chi connectivity index (χ3n) is 4.48. The van der Waals surface area contributed by atoms with Crippen molar-refractivity contribution >= 4 is 11.8 Å². The third-order valence-corrected chi connectivity index (χ3v) is 4.48. The summed E-state index contributed by atoms with van der Waals surface area (Å²) in [7, 11) is 3.05. The van der Waals surface area contributed by atoms with Gasteiger partial charge in [0.2, 0.25) is 6.29 Å². The summed E-state index contributed by atoms with van der Waals surface area (Å²) in [5.74, 6) is -0.734. The van der Waals surface area contributed by atoms with Crippen molar-refractivity contribution in [2.75, 3.05) is 27.3 Å². The van der Waals surface area contributed by atoms with Crippen LogP contribution in [0.2, 0.25) is 0 Å². The van der Waals surface area contributed by atoms with E-state index in [1.54, 1.807) is 47.7 Å². The van der Waals surface area contributed by atoms with Crippen molar-refractivity contribution in [3.8, 4) is 0 Å². The van der Waals surface area contributed by atoms with Gasteiger partial charge < -0.3 is 14.3 Å². The number of benzene rings is 1. The Bertz CT molecular complexity index is 792. The minimum atomic E-state index is -0.601. The number of rotatable bonds is 6. The summed E-state index contributed by atoms with van der Waals surface area (Å²) < 4.78 is 10.5. The number of nitrogens with zero attached hydrogens (tertiary/aromatic N) is 2. The molecule has 1 aromatic heterocycles. The van der Waals surface area contributed by atoms with Crippen molar-refractivity contribution < 1.29 is 23.9 Å². The summed E-state index contributed by atoms with van der Waals surface area (Å²) >= 11 is 0. The monoisotopic (exact) mass is 370 g/mol. The number of methoxy groups -OCH3 is 2. The molecular weight excluding hydrogens is 348 g/mol. The number of hydrogen-bond acceptors (Lipinski definition) is 7. The van der Waals surface area contributed by atoms with Crippen molar-refractivity contribution in [1.29, 1.82) is 0 Å². The van der Waals surface area contributed by atoms with E-state index in [0.29, 0.717) is 30.8 Å². The standard InChI is InChI=1S/C20H22N2O5/c1-25-20(26-2)17-12-15(8-10-21-17)16-13-22(11-9-18(16)23)27-19(24)14-6-4-3-5-7-14/h3-8,10,12,16,20H,9,11,13H2,1-2H3. The lowest BCUT2D eigenvalue weighted by atomic mass is 9.90. The van der Waals surface area contributed by atoms with Crippen LogP contribution < -0.4 is 0 Å². The van der Waals surface area contributed by atoms with Gasteiger partial charge in [0.25, 0.3) is 0 Å². The zero-order chi connectivity index (χ0) is 19.2. The molecule has 0 spiro atoms. The summed E-state index contributed by atoms with van der Waals surface area (Å²) in [5.41, 5.74) is 1.86. The maximum Gasteiger partial charge on any atom is 0.357 e. The van der Waals surface area contributed by atoms with Gasteiger partial charge in [-0.1, -0.05) is 18.2 Å². The topological polar surface area (TPSA) is 78.0 Å². The zero-order valence-electron chi connectivity index (χ0n) is 15.3. The molecule has 1 aromatic carbocycles. The molecule has 7 heteroatoms. The first-order chi connectivity index (χ1) is 13.1. The molecule has 142 valence electrons. The molecule has 1 saturated heterocycles. The van der Waals surface area contributed by atoms with Crippen LogP contribution in [0.3, 0.4) is 0 Å². The van der Waals surface area contributed by atoms with Crippen LogP contribution >= 0.6 is 0 Å². The SMILES string of the molecule is COC(OC)c1cc(C2CN(OC(=O)c3ccccc3)CCC2=O)ccn1. The molecule has 0 bridgehead atoms. The van der Waals surface area contributed by atoms with Crippen LogP contribution in [-0.2, 0) is 19.1 Å². The normalized spacial score (nSPS) is 17.9. The molecule has 1 aliphatic heterocycles. The Morgan fingerprint density at radius 2 is 1.93 bits per heavy atom. The first kappa shape index (κ1) is 19.2. The average molecular weight is 370 g/mol. The van der Waals surface area contributed by atoms with Crippen LogP contribution in [0.15, 0.2) is 48.7 Å². The lowest BCUT2D eigenvalue weighted by molar-refractivity contribution is -0.145. The number of ether oxygens (including phenoxy) is 2. The molecule has 0 N–H and O–H groups in total. The van der Waals surface area contributed by atoms with Crippen molar-refractivity contribution in [3.63, 3.8) is 0 Å². The molecule has 1 aliphatic rings. The number of carbonyl (C=O) groups is 2. The Labute approximate surface area is 157 Å². The summed E-state index contributed by atoms with van der Waals surface area (Å²) in [6.07, 6.45) is 1.33. The van der Waals surface area contributed by atoms with Gasteiger partial charge in [-0.25, -0.2) is 4.79 Å². The van der Waals surface area contributed by atoms with E-state index in [-0.39, 0.29) is 5.78 Å². The molecule has 0 amide bonds. The lowest BCUT2D eigenvalue weighted by Gasteiger charge is -2.30. The third kappa shape index (κ3) is 4.57. The molecule has 1 fully saturated rings. The van der Waals surface area contributed by atoms with E-state index in [2.05, 4.69) is 4.98 Å². The van der Waals surface area contributed by atoms with E-state index in [0.717, 1.165) is 5.56 Å². The fourth-order valence-electron chi connectivity index (χ4n) is 3.07.